The SMILES string of the molecule is CC1=[C-]C(C)(C)C(C)=C1C.CC1=[C-]C(C)(C)C(C)=C1C.[Cl-].[Cl-].[SiH3].[Ti+4]. The van der Waals surface area contributed by atoms with Crippen LogP contribution in [0.2, 0.25) is 0 Å². The number of halogens is 2. The molecule has 0 saturated heterocycles. The van der Waals surface area contributed by atoms with Crippen LogP contribution in [0.5, 0.6) is 0 Å². The first kappa shape index (κ1) is 32.2. The predicted octanol–water partition coefficient (Wildman–Crippen LogP) is -0.954. The summed E-state index contributed by atoms with van der Waals surface area (Å²) in [6.45, 7) is 21.8. The van der Waals surface area contributed by atoms with Crippen molar-refractivity contribution >= 4 is 11.0 Å². The molecule has 2 aliphatic carbocycles. The minimum atomic E-state index is 0. The van der Waals surface area contributed by atoms with Crippen molar-refractivity contribution in [2.75, 3.05) is 0 Å². The third-order valence-corrected chi connectivity index (χ3v) is 5.12. The van der Waals surface area contributed by atoms with E-state index in [1.54, 1.807) is 0 Å². The molecule has 24 heavy (non-hydrogen) atoms. The standard InChI is InChI=1S/2C10H15.2ClH.H3Si.Ti/c2*1-7-6-10(4,5)9(3)8(7)2;;;;/h2*1-5H3;2*1H;1H3;/q2*-1;;;;+4/p-2. The Kier molecular flexibility index (Phi) is 15.1. The Balaban J connectivity index is -0.000000143. The van der Waals surface area contributed by atoms with Gasteiger partial charge in [-0.05, 0) is 11.0 Å². The number of hydrogen-bond acceptors (Lipinski definition) is 0. The third kappa shape index (κ3) is 7.00. The van der Waals surface area contributed by atoms with Gasteiger partial charge in [-0.1, -0.05) is 66.2 Å². The summed E-state index contributed by atoms with van der Waals surface area (Å²) >= 11 is 0. The van der Waals surface area contributed by atoms with E-state index in [1.165, 1.54) is 33.4 Å². The molecule has 0 bridgehead atoms. The average molecular weight is 420 g/mol. The fraction of sp³-hybridized carbons (Fsp3) is 0.600. The molecule has 0 spiro atoms. The summed E-state index contributed by atoms with van der Waals surface area (Å²) in [4.78, 5) is 0. The van der Waals surface area contributed by atoms with E-state index < -0.39 is 0 Å². The first-order valence-electron chi connectivity index (χ1n) is 7.50. The zero-order valence-corrected chi connectivity index (χ0v) is 22.3. The average Bonchev–Trinajstić information content (AvgIpc) is 2.60. The van der Waals surface area contributed by atoms with Crippen molar-refractivity contribution in [1.82, 2.24) is 0 Å². The minimum Gasteiger partial charge on any atom is -1.00 e. The maximum atomic E-state index is 3.44. The molecular formula is C20H33Cl2SiTi. The van der Waals surface area contributed by atoms with E-state index in [4.69, 9.17) is 0 Å². The first-order chi connectivity index (χ1) is 8.90. The number of hydrogen-bond donors (Lipinski definition) is 0. The largest absolute Gasteiger partial charge is 4.00 e. The predicted molar refractivity (Wildman–Crippen MR) is 99.1 cm³/mol. The zero-order chi connectivity index (χ0) is 15.9. The molecule has 2 aliphatic rings. The zero-order valence-electron chi connectivity index (χ0n) is 17.3. The van der Waals surface area contributed by atoms with E-state index in [1.807, 2.05) is 0 Å². The number of rotatable bonds is 0. The smallest absolute Gasteiger partial charge is 1.00 e. The second-order valence-corrected chi connectivity index (χ2v) is 7.25. The van der Waals surface area contributed by atoms with Crippen molar-refractivity contribution in [2.45, 2.75) is 69.2 Å². The van der Waals surface area contributed by atoms with Gasteiger partial charge in [0.2, 0.25) is 0 Å². The van der Waals surface area contributed by atoms with Gasteiger partial charge in [0.1, 0.15) is 0 Å². The topological polar surface area (TPSA) is 0 Å². The van der Waals surface area contributed by atoms with Crippen LogP contribution in [0.1, 0.15) is 69.2 Å². The Bertz CT molecular complexity index is 500. The van der Waals surface area contributed by atoms with Crippen LogP contribution in [0.4, 0.5) is 0 Å². The van der Waals surface area contributed by atoms with E-state index in [0.29, 0.717) is 0 Å². The van der Waals surface area contributed by atoms with Crippen molar-refractivity contribution in [3.05, 3.63) is 45.6 Å². The molecule has 1 radical (unpaired) electrons. The molecule has 135 valence electrons. The van der Waals surface area contributed by atoms with Gasteiger partial charge in [0, 0.05) is 0 Å². The van der Waals surface area contributed by atoms with Crippen LogP contribution in [-0.2, 0) is 21.7 Å². The Morgan fingerprint density at radius 3 is 0.833 bits per heavy atom. The van der Waals surface area contributed by atoms with Crippen LogP contribution < -0.4 is 24.8 Å². The van der Waals surface area contributed by atoms with Crippen molar-refractivity contribution in [3.8, 4) is 0 Å². The molecule has 0 nitrogen and oxygen atoms in total. The van der Waals surface area contributed by atoms with Crippen molar-refractivity contribution in [1.29, 1.82) is 0 Å². The van der Waals surface area contributed by atoms with Gasteiger partial charge in [0.15, 0.2) is 0 Å². The summed E-state index contributed by atoms with van der Waals surface area (Å²) < 4.78 is 0. The normalized spacial score (nSPS) is 19.6. The van der Waals surface area contributed by atoms with Crippen LogP contribution in [0.25, 0.3) is 0 Å². The van der Waals surface area contributed by atoms with E-state index in [-0.39, 0.29) is 68.3 Å². The summed E-state index contributed by atoms with van der Waals surface area (Å²) in [5, 5.41) is 0. The molecule has 4 heteroatoms. The van der Waals surface area contributed by atoms with Crippen LogP contribution >= 0.6 is 0 Å². The van der Waals surface area contributed by atoms with Gasteiger partial charge in [-0.15, -0.1) is 13.8 Å². The van der Waals surface area contributed by atoms with Crippen molar-refractivity contribution in [2.24, 2.45) is 10.8 Å². The summed E-state index contributed by atoms with van der Waals surface area (Å²) in [5.74, 6) is 0. The van der Waals surface area contributed by atoms with Gasteiger partial charge in [-0.2, -0.15) is 22.3 Å². The summed E-state index contributed by atoms with van der Waals surface area (Å²) in [5.41, 5.74) is 8.79. The van der Waals surface area contributed by atoms with E-state index in [2.05, 4.69) is 81.4 Å². The Morgan fingerprint density at radius 1 is 0.583 bits per heavy atom. The molecule has 0 N–H and O–H groups in total. The van der Waals surface area contributed by atoms with Crippen molar-refractivity contribution in [3.63, 3.8) is 0 Å². The molecule has 0 amide bonds. The van der Waals surface area contributed by atoms with Crippen LogP contribution in [-0.4, -0.2) is 11.0 Å². The monoisotopic (exact) mass is 419 g/mol. The van der Waals surface area contributed by atoms with Crippen LogP contribution in [0.15, 0.2) is 33.4 Å². The van der Waals surface area contributed by atoms with Gasteiger partial charge >= 0.3 is 21.7 Å². The van der Waals surface area contributed by atoms with E-state index >= 15 is 0 Å². The molecule has 0 aliphatic heterocycles. The molecule has 2 rings (SSSR count). The fourth-order valence-electron chi connectivity index (χ4n) is 2.81. The van der Waals surface area contributed by atoms with Gasteiger partial charge in [0.05, 0.1) is 0 Å². The first-order valence-corrected chi connectivity index (χ1v) is 7.50. The van der Waals surface area contributed by atoms with Crippen LogP contribution in [0.3, 0.4) is 0 Å². The minimum absolute atomic E-state index is 0. The Morgan fingerprint density at radius 2 is 0.792 bits per heavy atom. The fourth-order valence-corrected chi connectivity index (χ4v) is 2.81. The second-order valence-electron chi connectivity index (χ2n) is 7.25. The number of allylic oxidation sites excluding steroid dienone is 8. The maximum absolute atomic E-state index is 3.44. The van der Waals surface area contributed by atoms with Gasteiger partial charge < -0.3 is 24.8 Å². The molecule has 0 saturated carbocycles. The second kappa shape index (κ2) is 11.2. The molecule has 0 aromatic carbocycles. The quantitative estimate of drug-likeness (QED) is 0.350. The van der Waals surface area contributed by atoms with Gasteiger partial charge in [-0.3, -0.25) is 12.2 Å². The summed E-state index contributed by atoms with van der Waals surface area (Å²) in [6, 6.07) is 0. The molecule has 0 atom stereocenters. The summed E-state index contributed by atoms with van der Waals surface area (Å²) in [6.07, 6.45) is 6.87. The molecule has 0 heterocycles. The Hall–Kier alpha value is 0.471. The Labute approximate surface area is 182 Å². The van der Waals surface area contributed by atoms with Crippen molar-refractivity contribution < 1.29 is 46.5 Å². The molecule has 0 aromatic rings. The molecule has 0 fully saturated rings. The third-order valence-electron chi connectivity index (χ3n) is 5.12. The van der Waals surface area contributed by atoms with Crippen LogP contribution in [0, 0.1) is 23.0 Å². The van der Waals surface area contributed by atoms with E-state index in [0.717, 1.165) is 0 Å². The molecule has 0 aromatic heterocycles. The maximum Gasteiger partial charge on any atom is 4.00 e. The van der Waals surface area contributed by atoms with Gasteiger partial charge in [-0.25, -0.2) is 11.1 Å². The summed E-state index contributed by atoms with van der Waals surface area (Å²) in [7, 11) is 0. The van der Waals surface area contributed by atoms with Gasteiger partial charge in [0.25, 0.3) is 0 Å². The van der Waals surface area contributed by atoms with E-state index in [9.17, 15) is 0 Å². The molecular weight excluding hydrogens is 387 g/mol. The molecule has 0 unspecified atom stereocenters.